The molecule has 0 radical (unpaired) electrons. The Morgan fingerprint density at radius 2 is 0.383 bits per heavy atom. The molecule has 0 aliphatic rings. The van der Waals surface area contributed by atoms with Crippen LogP contribution in [0.25, 0.3) is 121 Å². The summed E-state index contributed by atoms with van der Waals surface area (Å²) >= 11 is 0. The monoisotopic (exact) mass is 1200 g/mol. The summed E-state index contributed by atoms with van der Waals surface area (Å²) in [6.07, 6.45) is 0. The van der Waals surface area contributed by atoms with Gasteiger partial charge in [0.15, 0.2) is 0 Å². The molecule has 0 saturated carbocycles. The van der Waals surface area contributed by atoms with Crippen molar-refractivity contribution in [3.05, 3.63) is 388 Å². The van der Waals surface area contributed by atoms with E-state index in [1.807, 2.05) is 0 Å². The van der Waals surface area contributed by atoms with Gasteiger partial charge in [-0.2, -0.15) is 0 Å². The van der Waals surface area contributed by atoms with Crippen molar-refractivity contribution in [1.29, 1.82) is 0 Å². The average molecular weight is 1200 g/mol. The minimum atomic E-state index is 1.11. The highest BCUT2D eigenvalue weighted by Crippen LogP contribution is 2.43. The summed E-state index contributed by atoms with van der Waals surface area (Å²) in [7, 11) is 0. The SMILES string of the molecule is c1ccc(-c2ccc(N(c3ccc(-c4cccc(-c5cccc6ccccc56)c4)cc3)c3ccc(-c4cccc5ccccc45)cc3)cc2)cc1.c1ccc2c(-c3ccc(N(c4ccc(-c5cccc6ccccc56)cc4)c4cccc5ccccc45)cc3)cccc2c1. The summed E-state index contributed by atoms with van der Waals surface area (Å²) in [6, 6.07) is 140. The lowest BCUT2D eigenvalue weighted by molar-refractivity contribution is 1.28. The Morgan fingerprint density at radius 1 is 0.138 bits per heavy atom. The van der Waals surface area contributed by atoms with Crippen LogP contribution >= 0.6 is 0 Å². The van der Waals surface area contributed by atoms with Crippen molar-refractivity contribution in [2.45, 2.75) is 0 Å². The largest absolute Gasteiger partial charge is 0.311 e. The molecule has 0 bridgehead atoms. The Morgan fingerprint density at radius 3 is 0.777 bits per heavy atom. The molecule has 17 rings (SSSR count). The van der Waals surface area contributed by atoms with Gasteiger partial charge in [0.25, 0.3) is 0 Å². The number of anilines is 6. The highest BCUT2D eigenvalue weighted by molar-refractivity contribution is 6.03. The van der Waals surface area contributed by atoms with Gasteiger partial charge in [-0.1, -0.05) is 315 Å². The highest BCUT2D eigenvalue weighted by atomic mass is 15.1. The molecule has 0 aliphatic heterocycles. The summed E-state index contributed by atoms with van der Waals surface area (Å²) in [5.74, 6) is 0. The first-order valence-corrected chi connectivity index (χ1v) is 32.3. The van der Waals surface area contributed by atoms with E-state index in [2.05, 4.69) is 398 Å². The molecule has 0 unspecified atom stereocenters. The third-order valence-electron chi connectivity index (χ3n) is 18.3. The van der Waals surface area contributed by atoms with Crippen molar-refractivity contribution in [3.8, 4) is 66.8 Å². The summed E-state index contributed by atoms with van der Waals surface area (Å²) in [6.45, 7) is 0. The van der Waals surface area contributed by atoms with Crippen molar-refractivity contribution in [2.75, 3.05) is 9.80 Å². The van der Waals surface area contributed by atoms with E-state index in [-0.39, 0.29) is 0 Å². The van der Waals surface area contributed by atoms with Crippen molar-refractivity contribution < 1.29 is 0 Å². The molecule has 94 heavy (non-hydrogen) atoms. The lowest BCUT2D eigenvalue weighted by Gasteiger charge is -2.27. The maximum Gasteiger partial charge on any atom is 0.0540 e. The van der Waals surface area contributed by atoms with Gasteiger partial charge in [-0.25, -0.2) is 0 Å². The molecule has 0 fully saturated rings. The molecule has 0 heterocycles. The summed E-state index contributed by atoms with van der Waals surface area (Å²) in [4.78, 5) is 4.72. The van der Waals surface area contributed by atoms with Crippen LogP contribution < -0.4 is 9.80 Å². The molecule has 0 aromatic heterocycles. The van der Waals surface area contributed by atoms with Crippen LogP contribution in [0.3, 0.4) is 0 Å². The fourth-order valence-corrected chi connectivity index (χ4v) is 13.7. The molecule has 17 aromatic carbocycles. The van der Waals surface area contributed by atoms with Crippen LogP contribution in [0.5, 0.6) is 0 Å². The molecule has 0 amide bonds. The van der Waals surface area contributed by atoms with Gasteiger partial charge in [-0.3, -0.25) is 0 Å². The number of benzene rings is 17. The first-order valence-electron chi connectivity index (χ1n) is 32.3. The molecule has 2 heteroatoms. The Labute approximate surface area is 549 Å². The molecule has 0 aliphatic carbocycles. The van der Waals surface area contributed by atoms with E-state index >= 15 is 0 Å². The molecule has 17 aromatic rings. The van der Waals surface area contributed by atoms with Crippen LogP contribution in [0.15, 0.2) is 388 Å². The minimum absolute atomic E-state index is 1.11. The zero-order chi connectivity index (χ0) is 62.6. The molecule has 0 atom stereocenters. The second-order valence-electron chi connectivity index (χ2n) is 24.0. The Kier molecular flexibility index (Phi) is 15.4. The van der Waals surface area contributed by atoms with Crippen LogP contribution in [0, 0.1) is 0 Å². The molecule has 2 nitrogen and oxygen atoms in total. The fourth-order valence-electron chi connectivity index (χ4n) is 13.7. The minimum Gasteiger partial charge on any atom is -0.311 e. The first-order chi connectivity index (χ1) is 46.6. The van der Waals surface area contributed by atoms with Crippen molar-refractivity contribution in [3.63, 3.8) is 0 Å². The molecular weight excluding hydrogens is 1130 g/mol. The van der Waals surface area contributed by atoms with E-state index in [0.717, 1.165) is 34.1 Å². The van der Waals surface area contributed by atoms with Gasteiger partial charge in [-0.15, -0.1) is 0 Å². The highest BCUT2D eigenvalue weighted by Gasteiger charge is 2.19. The van der Waals surface area contributed by atoms with Gasteiger partial charge in [0.2, 0.25) is 0 Å². The zero-order valence-electron chi connectivity index (χ0n) is 51.8. The normalized spacial score (nSPS) is 11.2. The fraction of sp³-hybridized carbons (Fsp3) is 0. The van der Waals surface area contributed by atoms with E-state index in [1.54, 1.807) is 0 Å². The maximum absolute atomic E-state index is 2.38. The number of nitrogens with zero attached hydrogens (tertiary/aromatic N) is 2. The molecule has 0 spiro atoms. The van der Waals surface area contributed by atoms with Gasteiger partial charge in [-0.05, 0) is 188 Å². The van der Waals surface area contributed by atoms with Gasteiger partial charge in [0.1, 0.15) is 0 Å². The van der Waals surface area contributed by atoms with Gasteiger partial charge in [0, 0.05) is 33.8 Å². The van der Waals surface area contributed by atoms with Gasteiger partial charge in [0.05, 0.1) is 5.69 Å². The van der Waals surface area contributed by atoms with Crippen LogP contribution in [0.1, 0.15) is 0 Å². The van der Waals surface area contributed by atoms with Crippen LogP contribution in [0.2, 0.25) is 0 Å². The van der Waals surface area contributed by atoms with E-state index in [9.17, 15) is 0 Å². The van der Waals surface area contributed by atoms with Crippen molar-refractivity contribution in [2.24, 2.45) is 0 Å². The number of hydrogen-bond donors (Lipinski definition) is 0. The van der Waals surface area contributed by atoms with Gasteiger partial charge < -0.3 is 9.80 Å². The van der Waals surface area contributed by atoms with Gasteiger partial charge >= 0.3 is 0 Å². The topological polar surface area (TPSA) is 6.48 Å². The van der Waals surface area contributed by atoms with E-state index < -0.39 is 0 Å². The maximum atomic E-state index is 2.38. The zero-order valence-corrected chi connectivity index (χ0v) is 51.8. The summed E-state index contributed by atoms with van der Waals surface area (Å²) < 4.78 is 0. The van der Waals surface area contributed by atoms with Crippen molar-refractivity contribution in [1.82, 2.24) is 0 Å². The third-order valence-corrected chi connectivity index (χ3v) is 18.3. The predicted octanol–water partition coefficient (Wildman–Crippen LogP) is 26.1. The Hall–Kier alpha value is -12.4. The quantitative estimate of drug-likeness (QED) is 0.120. The molecule has 0 N–H and O–H groups in total. The third kappa shape index (κ3) is 11.3. The van der Waals surface area contributed by atoms with E-state index in [4.69, 9.17) is 0 Å². The second kappa shape index (κ2) is 25.5. The van der Waals surface area contributed by atoms with Crippen molar-refractivity contribution >= 4 is 88.0 Å². The molecule has 0 saturated heterocycles. The van der Waals surface area contributed by atoms with Crippen LogP contribution in [-0.2, 0) is 0 Å². The van der Waals surface area contributed by atoms with E-state index in [0.29, 0.717) is 0 Å². The average Bonchev–Trinajstić information content (AvgIpc) is 0.885. The Bertz CT molecular complexity index is 5370. The van der Waals surface area contributed by atoms with Crippen LogP contribution in [-0.4, -0.2) is 0 Å². The van der Waals surface area contributed by atoms with Crippen LogP contribution in [0.4, 0.5) is 34.1 Å². The number of hydrogen-bond acceptors (Lipinski definition) is 2. The lowest BCUT2D eigenvalue weighted by atomic mass is 9.95. The smallest absolute Gasteiger partial charge is 0.0540 e. The summed E-state index contributed by atoms with van der Waals surface area (Å²) in [5, 5.41) is 12.6. The lowest BCUT2D eigenvalue weighted by Crippen LogP contribution is -2.10. The number of rotatable bonds is 12. The standard InChI is InChI=1S/C50H35N.C42H29N/c1-2-11-36(12-3-1)37-23-29-44(30-24-37)51(46-33-27-41(28-34-46)49-21-9-15-39-13-4-6-19-47(39)49)45-31-25-38(26-32-45)42-17-8-18-43(35-42)50-22-10-16-40-14-5-7-20-48(40)50;1-4-16-37-30(10-1)13-7-19-39(37)33-22-26-35(27-23-33)43(42-21-9-15-32-12-3-6-18-41(32)42)36-28-24-34(25-29-36)40-20-8-14-31-11-2-5-17-38(31)40/h1-35H;1-29H. The molecule has 442 valence electrons. The number of fused-ring (bicyclic) bond motifs is 5. The molecular formula is C92H64N2. The Balaban J connectivity index is 0.000000151. The second-order valence-corrected chi connectivity index (χ2v) is 24.0. The predicted molar refractivity (Wildman–Crippen MR) is 402 cm³/mol. The summed E-state index contributed by atoms with van der Waals surface area (Å²) in [5.41, 5.74) is 21.4. The van der Waals surface area contributed by atoms with E-state index in [1.165, 1.54) is 121 Å². The first kappa shape index (κ1) is 56.8.